The molecule has 0 saturated carbocycles. The Labute approximate surface area is 123 Å². The standard InChI is InChI=1S/C16H30N4/c1-5-16-17-7-9-19(16)11-10-18(4)12-15-6-8-20(13-15)14(2)3/h7,9,14-15H,5-6,8,10-13H2,1-4H3. The number of nitrogens with zero attached hydrogens (tertiary/aromatic N) is 4. The van der Waals surface area contributed by atoms with E-state index in [9.17, 15) is 0 Å². The molecule has 4 nitrogen and oxygen atoms in total. The summed E-state index contributed by atoms with van der Waals surface area (Å²) in [6.07, 6.45) is 6.38. The fourth-order valence-corrected chi connectivity index (χ4v) is 3.15. The summed E-state index contributed by atoms with van der Waals surface area (Å²) < 4.78 is 2.28. The molecule has 1 aliphatic heterocycles. The van der Waals surface area contributed by atoms with Gasteiger partial charge in [-0.25, -0.2) is 4.98 Å². The zero-order valence-corrected chi connectivity index (χ0v) is 13.5. The molecule has 20 heavy (non-hydrogen) atoms. The van der Waals surface area contributed by atoms with E-state index in [-0.39, 0.29) is 0 Å². The average molecular weight is 278 g/mol. The highest BCUT2D eigenvalue weighted by atomic mass is 15.2. The third kappa shape index (κ3) is 4.06. The molecule has 0 amide bonds. The lowest BCUT2D eigenvalue weighted by Gasteiger charge is -2.23. The van der Waals surface area contributed by atoms with Crippen molar-refractivity contribution in [1.82, 2.24) is 19.4 Å². The van der Waals surface area contributed by atoms with Gasteiger partial charge in [-0.2, -0.15) is 0 Å². The van der Waals surface area contributed by atoms with Gasteiger partial charge in [0.15, 0.2) is 0 Å². The number of imidazole rings is 1. The van der Waals surface area contributed by atoms with Crippen LogP contribution >= 0.6 is 0 Å². The fourth-order valence-electron chi connectivity index (χ4n) is 3.15. The number of hydrogen-bond donors (Lipinski definition) is 0. The van der Waals surface area contributed by atoms with Crippen LogP contribution in [-0.4, -0.2) is 58.6 Å². The summed E-state index contributed by atoms with van der Waals surface area (Å²) in [5.41, 5.74) is 0. The number of likely N-dealkylation sites (tertiary alicyclic amines) is 1. The second kappa shape index (κ2) is 7.23. The Morgan fingerprint density at radius 1 is 1.45 bits per heavy atom. The van der Waals surface area contributed by atoms with Gasteiger partial charge in [-0.15, -0.1) is 0 Å². The Kier molecular flexibility index (Phi) is 5.61. The van der Waals surface area contributed by atoms with Crippen LogP contribution in [0.3, 0.4) is 0 Å². The van der Waals surface area contributed by atoms with E-state index in [4.69, 9.17) is 0 Å². The van der Waals surface area contributed by atoms with Crippen molar-refractivity contribution in [3.05, 3.63) is 18.2 Å². The molecule has 0 aromatic carbocycles. The predicted molar refractivity (Wildman–Crippen MR) is 83.9 cm³/mol. The molecule has 1 aliphatic rings. The minimum absolute atomic E-state index is 0.698. The van der Waals surface area contributed by atoms with Gasteiger partial charge in [-0.1, -0.05) is 6.92 Å². The van der Waals surface area contributed by atoms with E-state index in [1.165, 1.54) is 31.9 Å². The van der Waals surface area contributed by atoms with Crippen molar-refractivity contribution in [2.24, 2.45) is 5.92 Å². The zero-order chi connectivity index (χ0) is 14.5. The van der Waals surface area contributed by atoms with Gasteiger partial charge in [0.05, 0.1) is 0 Å². The summed E-state index contributed by atoms with van der Waals surface area (Å²) in [6, 6.07) is 0.698. The van der Waals surface area contributed by atoms with Crippen LogP contribution in [0.15, 0.2) is 12.4 Å². The third-order valence-corrected chi connectivity index (χ3v) is 4.46. The van der Waals surface area contributed by atoms with Gasteiger partial charge >= 0.3 is 0 Å². The third-order valence-electron chi connectivity index (χ3n) is 4.46. The van der Waals surface area contributed by atoms with E-state index in [1.807, 2.05) is 6.20 Å². The van der Waals surface area contributed by atoms with Gasteiger partial charge < -0.3 is 14.4 Å². The molecule has 1 aromatic heterocycles. The highest BCUT2D eigenvalue weighted by molar-refractivity contribution is 4.91. The second-order valence-electron chi connectivity index (χ2n) is 6.40. The van der Waals surface area contributed by atoms with Crippen LogP contribution < -0.4 is 0 Å². The van der Waals surface area contributed by atoms with Crippen LogP contribution in [0.25, 0.3) is 0 Å². The van der Waals surface area contributed by atoms with Crippen LogP contribution in [0.4, 0.5) is 0 Å². The molecular weight excluding hydrogens is 248 g/mol. The Bertz CT molecular complexity index is 399. The van der Waals surface area contributed by atoms with E-state index < -0.39 is 0 Å². The molecule has 0 spiro atoms. The van der Waals surface area contributed by atoms with Crippen molar-refractivity contribution < 1.29 is 0 Å². The van der Waals surface area contributed by atoms with E-state index in [1.54, 1.807) is 0 Å². The number of aromatic nitrogens is 2. The van der Waals surface area contributed by atoms with Crippen molar-refractivity contribution in [3.8, 4) is 0 Å². The van der Waals surface area contributed by atoms with Crippen LogP contribution in [0.5, 0.6) is 0 Å². The highest BCUT2D eigenvalue weighted by Crippen LogP contribution is 2.19. The molecule has 1 unspecified atom stereocenters. The molecule has 1 atom stereocenters. The topological polar surface area (TPSA) is 24.3 Å². The molecule has 2 rings (SSSR count). The van der Waals surface area contributed by atoms with Crippen LogP contribution in [0, 0.1) is 5.92 Å². The molecule has 2 heterocycles. The first-order valence-electron chi connectivity index (χ1n) is 8.02. The molecule has 0 N–H and O–H groups in total. The fraction of sp³-hybridized carbons (Fsp3) is 0.812. The van der Waals surface area contributed by atoms with E-state index in [2.05, 4.69) is 53.4 Å². The normalized spacial score (nSPS) is 20.4. The lowest BCUT2D eigenvalue weighted by molar-refractivity contribution is 0.234. The maximum atomic E-state index is 4.38. The molecule has 4 heteroatoms. The van der Waals surface area contributed by atoms with E-state index >= 15 is 0 Å². The molecule has 1 aromatic rings. The minimum Gasteiger partial charge on any atom is -0.334 e. The number of likely N-dealkylation sites (N-methyl/N-ethyl adjacent to an activating group) is 1. The first-order chi connectivity index (χ1) is 9.60. The summed E-state index contributed by atoms with van der Waals surface area (Å²) >= 11 is 0. The molecule has 1 saturated heterocycles. The average Bonchev–Trinajstić information content (AvgIpc) is 3.04. The highest BCUT2D eigenvalue weighted by Gasteiger charge is 2.24. The Morgan fingerprint density at radius 2 is 2.25 bits per heavy atom. The summed E-state index contributed by atoms with van der Waals surface area (Å²) in [6.45, 7) is 12.7. The first-order valence-corrected chi connectivity index (χ1v) is 8.02. The maximum Gasteiger partial charge on any atom is 0.108 e. The zero-order valence-electron chi connectivity index (χ0n) is 13.5. The number of aryl methyl sites for hydroxylation is 1. The lowest BCUT2D eigenvalue weighted by atomic mass is 10.1. The largest absolute Gasteiger partial charge is 0.334 e. The maximum absolute atomic E-state index is 4.38. The summed E-state index contributed by atoms with van der Waals surface area (Å²) in [7, 11) is 2.25. The number of rotatable bonds is 7. The summed E-state index contributed by atoms with van der Waals surface area (Å²) in [5, 5.41) is 0. The summed E-state index contributed by atoms with van der Waals surface area (Å²) in [4.78, 5) is 9.46. The van der Waals surface area contributed by atoms with Gasteiger partial charge in [0.1, 0.15) is 5.82 Å². The van der Waals surface area contributed by atoms with Crippen molar-refractivity contribution >= 4 is 0 Å². The smallest absolute Gasteiger partial charge is 0.108 e. The van der Waals surface area contributed by atoms with Gasteiger partial charge in [0, 0.05) is 51.0 Å². The molecule has 0 bridgehead atoms. The SMILES string of the molecule is CCc1nccn1CCN(C)CC1CCN(C(C)C)C1. The van der Waals surface area contributed by atoms with Gasteiger partial charge in [-0.3, -0.25) is 0 Å². The van der Waals surface area contributed by atoms with Crippen molar-refractivity contribution in [3.63, 3.8) is 0 Å². The van der Waals surface area contributed by atoms with E-state index in [0.29, 0.717) is 6.04 Å². The lowest BCUT2D eigenvalue weighted by Crippen LogP contribution is -2.32. The molecule has 0 radical (unpaired) electrons. The predicted octanol–water partition coefficient (Wildman–Crippen LogP) is 2.11. The Hall–Kier alpha value is -0.870. The van der Waals surface area contributed by atoms with Crippen molar-refractivity contribution in [1.29, 1.82) is 0 Å². The quantitative estimate of drug-likeness (QED) is 0.763. The van der Waals surface area contributed by atoms with Gasteiger partial charge in [0.25, 0.3) is 0 Å². The minimum atomic E-state index is 0.698. The van der Waals surface area contributed by atoms with E-state index in [0.717, 1.165) is 25.4 Å². The molecule has 114 valence electrons. The van der Waals surface area contributed by atoms with Crippen molar-refractivity contribution in [2.45, 2.75) is 46.2 Å². The van der Waals surface area contributed by atoms with Gasteiger partial charge in [-0.05, 0) is 39.8 Å². The Balaban J connectivity index is 1.72. The van der Waals surface area contributed by atoms with Crippen LogP contribution in [-0.2, 0) is 13.0 Å². The summed E-state index contributed by atoms with van der Waals surface area (Å²) in [5.74, 6) is 2.04. The molecule has 0 aliphatic carbocycles. The Morgan fingerprint density at radius 3 is 2.90 bits per heavy atom. The molecule has 1 fully saturated rings. The van der Waals surface area contributed by atoms with Gasteiger partial charge in [0.2, 0.25) is 0 Å². The monoisotopic (exact) mass is 278 g/mol. The number of hydrogen-bond acceptors (Lipinski definition) is 3. The van der Waals surface area contributed by atoms with Crippen LogP contribution in [0.2, 0.25) is 0 Å². The van der Waals surface area contributed by atoms with Crippen LogP contribution in [0.1, 0.15) is 33.0 Å². The molecular formula is C16H30N4. The van der Waals surface area contributed by atoms with Crippen molar-refractivity contribution in [2.75, 3.05) is 33.2 Å². The first kappa shape index (κ1) is 15.5. The second-order valence-corrected chi connectivity index (χ2v) is 6.40.